The van der Waals surface area contributed by atoms with Crippen LogP contribution in [-0.4, -0.2) is 21.7 Å². The van der Waals surface area contributed by atoms with Crippen LogP contribution in [0, 0.1) is 0 Å². The Morgan fingerprint density at radius 2 is 2.10 bits per heavy atom. The van der Waals surface area contributed by atoms with E-state index in [2.05, 4.69) is 26.8 Å². The molecule has 0 aliphatic carbocycles. The average Bonchev–Trinajstić information content (AvgIpc) is 1.82. The molecule has 0 fully saturated rings. The molecule has 0 aliphatic rings. The molecule has 0 saturated heterocycles. The minimum absolute atomic E-state index is 0.411. The lowest BCUT2D eigenvalue weighted by Gasteiger charge is -1.90. The zero-order chi connectivity index (χ0) is 8.15. The van der Waals surface area contributed by atoms with Crippen LogP contribution in [0.3, 0.4) is 0 Å². The van der Waals surface area contributed by atoms with Gasteiger partial charge < -0.3 is 10.8 Å². The van der Waals surface area contributed by atoms with Crippen molar-refractivity contribution < 1.29 is 14.7 Å². The standard InChI is InChI=1S/C3H4BrN3O3/c4-1(2(8)9)6-7-3(5)10/h(H,8,9)(H3,5,7,10). The van der Waals surface area contributed by atoms with Crippen LogP contribution in [0.25, 0.3) is 0 Å². The SMILES string of the molecule is NC(=O)NN=C(Br)C(=O)O. The number of carboxylic acids is 1. The normalized spacial score (nSPS) is 10.7. The van der Waals surface area contributed by atoms with Gasteiger partial charge >= 0.3 is 12.0 Å². The molecule has 0 heterocycles. The van der Waals surface area contributed by atoms with Crippen molar-refractivity contribution in [1.29, 1.82) is 0 Å². The number of nitrogens with zero attached hydrogens (tertiary/aromatic N) is 1. The van der Waals surface area contributed by atoms with Crippen molar-refractivity contribution in [3.8, 4) is 0 Å². The number of carbonyl (C=O) groups is 2. The second-order valence-corrected chi connectivity index (χ2v) is 1.93. The van der Waals surface area contributed by atoms with Gasteiger partial charge in [-0.05, 0) is 15.9 Å². The Morgan fingerprint density at radius 1 is 1.60 bits per heavy atom. The maximum atomic E-state index is 9.94. The van der Waals surface area contributed by atoms with Gasteiger partial charge in [0.05, 0.1) is 0 Å². The Labute approximate surface area is 64.2 Å². The number of primary amides is 1. The van der Waals surface area contributed by atoms with Crippen molar-refractivity contribution in [2.75, 3.05) is 0 Å². The van der Waals surface area contributed by atoms with Gasteiger partial charge in [0.2, 0.25) is 4.62 Å². The Morgan fingerprint density at radius 3 is 2.40 bits per heavy atom. The quantitative estimate of drug-likeness (QED) is 0.420. The lowest BCUT2D eigenvalue weighted by atomic mass is 10.8. The van der Waals surface area contributed by atoms with E-state index in [0.717, 1.165) is 0 Å². The van der Waals surface area contributed by atoms with Gasteiger partial charge in [-0.25, -0.2) is 15.0 Å². The summed E-state index contributed by atoms with van der Waals surface area (Å²) in [5, 5.41) is 11.2. The number of amides is 2. The number of hydrogen-bond acceptors (Lipinski definition) is 3. The molecule has 0 aliphatic heterocycles. The number of urea groups is 1. The fourth-order valence-corrected chi connectivity index (χ4v) is 0.241. The highest BCUT2D eigenvalue weighted by molar-refractivity contribution is 9.19. The molecule has 2 amide bonds. The first-order valence-electron chi connectivity index (χ1n) is 2.06. The van der Waals surface area contributed by atoms with Gasteiger partial charge in [0.15, 0.2) is 0 Å². The van der Waals surface area contributed by atoms with Gasteiger partial charge in [0, 0.05) is 0 Å². The topological polar surface area (TPSA) is 105 Å². The van der Waals surface area contributed by atoms with Crippen molar-refractivity contribution in [3.63, 3.8) is 0 Å². The summed E-state index contributed by atoms with van der Waals surface area (Å²) < 4.78 is -0.411. The molecule has 4 N–H and O–H groups in total. The smallest absolute Gasteiger partial charge is 0.363 e. The zero-order valence-electron chi connectivity index (χ0n) is 4.67. The van der Waals surface area contributed by atoms with E-state index in [1.165, 1.54) is 0 Å². The molecule has 6 nitrogen and oxygen atoms in total. The monoisotopic (exact) mass is 209 g/mol. The number of rotatable bonds is 2. The van der Waals surface area contributed by atoms with Crippen molar-refractivity contribution in [1.82, 2.24) is 5.43 Å². The molecule has 0 saturated carbocycles. The highest BCUT2D eigenvalue weighted by Crippen LogP contribution is 1.86. The first-order chi connectivity index (χ1) is 4.54. The largest absolute Gasteiger partial charge is 0.476 e. The molecule has 0 bridgehead atoms. The number of nitrogens with two attached hydrogens (primary N) is 1. The lowest BCUT2D eigenvalue weighted by molar-refractivity contribution is -0.129. The van der Waals surface area contributed by atoms with E-state index in [1.807, 2.05) is 0 Å². The predicted octanol–water partition coefficient (Wildman–Crippen LogP) is -0.552. The average molecular weight is 210 g/mol. The molecule has 56 valence electrons. The maximum absolute atomic E-state index is 9.94. The molecule has 0 atom stereocenters. The highest BCUT2D eigenvalue weighted by atomic mass is 79.9. The van der Waals surface area contributed by atoms with Crippen molar-refractivity contribution in [2.45, 2.75) is 0 Å². The Balaban J connectivity index is 3.92. The van der Waals surface area contributed by atoms with Gasteiger partial charge in [-0.1, -0.05) is 0 Å². The summed E-state index contributed by atoms with van der Waals surface area (Å²) in [5.74, 6) is -1.28. The maximum Gasteiger partial charge on any atom is 0.363 e. The third kappa shape index (κ3) is 3.84. The van der Waals surface area contributed by atoms with E-state index < -0.39 is 16.6 Å². The van der Waals surface area contributed by atoms with Crippen LogP contribution in [0.5, 0.6) is 0 Å². The van der Waals surface area contributed by atoms with Crippen LogP contribution >= 0.6 is 15.9 Å². The Kier molecular flexibility index (Phi) is 3.40. The van der Waals surface area contributed by atoms with E-state index in [4.69, 9.17) is 5.11 Å². The van der Waals surface area contributed by atoms with Crippen LogP contribution in [0.2, 0.25) is 0 Å². The van der Waals surface area contributed by atoms with E-state index >= 15 is 0 Å². The zero-order valence-corrected chi connectivity index (χ0v) is 6.25. The van der Waals surface area contributed by atoms with Crippen LogP contribution in [0.4, 0.5) is 4.79 Å². The van der Waals surface area contributed by atoms with Crippen LogP contribution in [-0.2, 0) is 4.79 Å². The molecule has 10 heavy (non-hydrogen) atoms. The van der Waals surface area contributed by atoms with E-state index in [-0.39, 0.29) is 0 Å². The molecule has 0 unspecified atom stereocenters. The number of carboxylic acid groups (broad SMARTS) is 1. The van der Waals surface area contributed by atoms with Gasteiger partial charge in [-0.3, -0.25) is 0 Å². The molecule has 0 aromatic carbocycles. The third-order valence-corrected chi connectivity index (χ3v) is 0.957. The van der Waals surface area contributed by atoms with Crippen LogP contribution in [0.15, 0.2) is 5.10 Å². The Bertz CT molecular complexity index is 189. The van der Waals surface area contributed by atoms with E-state index in [1.54, 1.807) is 5.43 Å². The molecule has 0 aromatic rings. The number of aliphatic carboxylic acids is 1. The molecule has 0 rings (SSSR count). The van der Waals surface area contributed by atoms with E-state index in [9.17, 15) is 9.59 Å². The first kappa shape index (κ1) is 8.89. The molecular weight excluding hydrogens is 206 g/mol. The number of hydrazone groups is 1. The lowest BCUT2D eigenvalue weighted by Crippen LogP contribution is -2.26. The Hall–Kier alpha value is -1.11. The van der Waals surface area contributed by atoms with Gasteiger partial charge in [-0.15, -0.1) is 0 Å². The van der Waals surface area contributed by atoms with E-state index in [0.29, 0.717) is 0 Å². The van der Waals surface area contributed by atoms with Crippen LogP contribution < -0.4 is 11.2 Å². The van der Waals surface area contributed by atoms with Crippen molar-refractivity contribution in [2.24, 2.45) is 10.8 Å². The van der Waals surface area contributed by atoms with Gasteiger partial charge in [0.25, 0.3) is 0 Å². The van der Waals surface area contributed by atoms with Crippen molar-refractivity contribution in [3.05, 3.63) is 0 Å². The molecule has 0 aromatic heterocycles. The fourth-order valence-electron chi connectivity index (χ4n) is 0.152. The minimum Gasteiger partial charge on any atom is -0.476 e. The number of halogens is 1. The second kappa shape index (κ2) is 3.83. The second-order valence-electron chi connectivity index (χ2n) is 1.18. The molecule has 0 radical (unpaired) electrons. The number of nitrogens with one attached hydrogen (secondary N) is 1. The number of hydrogen-bond donors (Lipinski definition) is 3. The molecule has 7 heteroatoms. The summed E-state index contributed by atoms with van der Waals surface area (Å²) in [5.41, 5.74) is 6.30. The molecular formula is C3H4BrN3O3. The van der Waals surface area contributed by atoms with Gasteiger partial charge in [-0.2, -0.15) is 5.10 Å². The summed E-state index contributed by atoms with van der Waals surface area (Å²) in [6.45, 7) is 0. The highest BCUT2D eigenvalue weighted by Gasteiger charge is 2.03. The summed E-state index contributed by atoms with van der Waals surface area (Å²) >= 11 is 2.55. The summed E-state index contributed by atoms with van der Waals surface area (Å²) in [6, 6.07) is -0.918. The third-order valence-electron chi connectivity index (χ3n) is 0.441. The van der Waals surface area contributed by atoms with Crippen molar-refractivity contribution >= 4 is 32.6 Å². The summed E-state index contributed by atoms with van der Waals surface area (Å²) in [7, 11) is 0. The van der Waals surface area contributed by atoms with Crippen LogP contribution in [0.1, 0.15) is 0 Å². The summed E-state index contributed by atoms with van der Waals surface area (Å²) in [6.07, 6.45) is 0. The first-order valence-corrected chi connectivity index (χ1v) is 2.85. The number of carbonyl (C=O) groups excluding carboxylic acids is 1. The predicted molar refractivity (Wildman–Crippen MR) is 36.7 cm³/mol. The van der Waals surface area contributed by atoms with Gasteiger partial charge in [0.1, 0.15) is 0 Å². The fraction of sp³-hybridized carbons (Fsp3) is 0. The molecule has 0 spiro atoms. The summed E-state index contributed by atoms with van der Waals surface area (Å²) in [4.78, 5) is 19.9. The minimum atomic E-state index is -1.28.